The molecule has 6 N–H and O–H groups in total. The van der Waals surface area contributed by atoms with E-state index in [1.165, 1.54) is 6.92 Å². The van der Waals surface area contributed by atoms with Crippen molar-refractivity contribution in [2.45, 2.75) is 32.9 Å². The van der Waals surface area contributed by atoms with E-state index in [0.29, 0.717) is 0 Å². The fourth-order valence-corrected chi connectivity index (χ4v) is 1.26. The second-order valence-corrected chi connectivity index (χ2v) is 4.89. The zero-order valence-corrected chi connectivity index (χ0v) is 12.3. The first-order chi connectivity index (χ1) is 9.65. The molecule has 0 aromatic carbocycles. The molecule has 120 valence electrons. The van der Waals surface area contributed by atoms with Gasteiger partial charge in [0.15, 0.2) is 0 Å². The van der Waals surface area contributed by atoms with Gasteiger partial charge in [0.05, 0.1) is 12.6 Å². The molecule has 0 bridgehead atoms. The van der Waals surface area contributed by atoms with E-state index < -0.39 is 42.3 Å². The molecule has 0 saturated heterocycles. The van der Waals surface area contributed by atoms with Crippen LogP contribution in [0.15, 0.2) is 0 Å². The number of rotatable bonds is 8. The van der Waals surface area contributed by atoms with Crippen LogP contribution in [0.4, 0.5) is 0 Å². The lowest BCUT2D eigenvalue weighted by Gasteiger charge is -2.16. The van der Waals surface area contributed by atoms with E-state index >= 15 is 0 Å². The molecule has 9 heteroatoms. The van der Waals surface area contributed by atoms with Crippen LogP contribution < -0.4 is 21.7 Å². The molecule has 3 amide bonds. The van der Waals surface area contributed by atoms with Crippen LogP contribution in [-0.2, 0) is 19.2 Å². The molecule has 0 spiro atoms. The highest BCUT2D eigenvalue weighted by molar-refractivity contribution is 5.91. The molecule has 0 aromatic rings. The van der Waals surface area contributed by atoms with Gasteiger partial charge in [0, 0.05) is 0 Å². The molecular weight excluding hydrogens is 280 g/mol. The van der Waals surface area contributed by atoms with Gasteiger partial charge in [-0.05, 0) is 12.8 Å². The van der Waals surface area contributed by atoms with Crippen LogP contribution in [0.3, 0.4) is 0 Å². The number of carboxylic acid groups (broad SMARTS) is 1. The van der Waals surface area contributed by atoms with Crippen LogP contribution >= 0.6 is 0 Å². The number of carboxylic acids is 1. The summed E-state index contributed by atoms with van der Waals surface area (Å²) in [5.41, 5.74) is 5.60. The van der Waals surface area contributed by atoms with Crippen molar-refractivity contribution in [3.63, 3.8) is 0 Å². The third-order valence-electron chi connectivity index (χ3n) is 2.63. The van der Waals surface area contributed by atoms with Gasteiger partial charge in [0.25, 0.3) is 0 Å². The molecule has 9 nitrogen and oxygen atoms in total. The maximum absolute atomic E-state index is 11.5. The molecule has 2 atom stereocenters. The van der Waals surface area contributed by atoms with Crippen LogP contribution in [0.1, 0.15) is 20.8 Å². The van der Waals surface area contributed by atoms with Crippen molar-refractivity contribution in [1.82, 2.24) is 16.0 Å². The van der Waals surface area contributed by atoms with E-state index in [-0.39, 0.29) is 12.5 Å². The Hall–Kier alpha value is -2.16. The molecule has 0 heterocycles. The number of hydrogen-bond donors (Lipinski definition) is 5. The van der Waals surface area contributed by atoms with E-state index in [9.17, 15) is 19.2 Å². The van der Waals surface area contributed by atoms with Crippen LogP contribution in [0.25, 0.3) is 0 Å². The Kier molecular flexibility index (Phi) is 7.99. The Morgan fingerprint density at radius 2 is 1.52 bits per heavy atom. The molecule has 0 rings (SSSR count). The van der Waals surface area contributed by atoms with Gasteiger partial charge in [-0.1, -0.05) is 13.8 Å². The highest BCUT2D eigenvalue weighted by atomic mass is 16.4. The minimum absolute atomic E-state index is 0.0613. The summed E-state index contributed by atoms with van der Waals surface area (Å²) in [4.78, 5) is 44.8. The van der Waals surface area contributed by atoms with Gasteiger partial charge < -0.3 is 26.8 Å². The van der Waals surface area contributed by atoms with E-state index in [1.54, 1.807) is 13.8 Å². The smallest absolute Gasteiger partial charge is 0.322 e. The largest absolute Gasteiger partial charge is 0.480 e. The maximum atomic E-state index is 11.5. The minimum Gasteiger partial charge on any atom is -0.480 e. The average molecular weight is 302 g/mol. The summed E-state index contributed by atoms with van der Waals surface area (Å²) < 4.78 is 0. The van der Waals surface area contributed by atoms with E-state index in [2.05, 4.69) is 16.0 Å². The molecule has 0 aliphatic heterocycles. The van der Waals surface area contributed by atoms with Crippen molar-refractivity contribution in [3.05, 3.63) is 0 Å². The predicted octanol–water partition coefficient (Wildman–Crippen LogP) is -2.21. The number of carbonyl (C=O) groups excluding carboxylic acids is 3. The van der Waals surface area contributed by atoms with Crippen molar-refractivity contribution in [2.75, 3.05) is 13.1 Å². The third kappa shape index (κ3) is 7.88. The van der Waals surface area contributed by atoms with Crippen molar-refractivity contribution in [2.24, 2.45) is 11.7 Å². The van der Waals surface area contributed by atoms with Gasteiger partial charge in [-0.3, -0.25) is 19.2 Å². The molecule has 0 aliphatic carbocycles. The first-order valence-corrected chi connectivity index (χ1v) is 6.47. The Bertz CT molecular complexity index is 410. The van der Waals surface area contributed by atoms with Crippen molar-refractivity contribution in [1.29, 1.82) is 0 Å². The molecule has 0 aliphatic rings. The fourth-order valence-electron chi connectivity index (χ4n) is 1.26. The maximum Gasteiger partial charge on any atom is 0.322 e. The normalized spacial score (nSPS) is 13.2. The summed E-state index contributed by atoms with van der Waals surface area (Å²) in [7, 11) is 0. The number of nitrogens with one attached hydrogen (secondary N) is 3. The third-order valence-corrected chi connectivity index (χ3v) is 2.63. The molecular formula is C12H22N4O5. The van der Waals surface area contributed by atoms with Crippen LogP contribution in [-0.4, -0.2) is 54.0 Å². The molecule has 0 radical (unpaired) electrons. The standard InChI is InChI=1S/C12H22N4O5/c1-6(2)10(13)12(21)14-4-8(17)16-7(3)11(20)15-5-9(18)19/h6-7,10H,4-5,13H2,1-3H3,(H,14,21)(H,15,20)(H,16,17)(H,18,19). The minimum atomic E-state index is -1.18. The number of hydrogen-bond acceptors (Lipinski definition) is 5. The Morgan fingerprint density at radius 3 is 2.00 bits per heavy atom. The van der Waals surface area contributed by atoms with Crippen molar-refractivity contribution >= 4 is 23.7 Å². The number of aliphatic carboxylic acids is 1. The van der Waals surface area contributed by atoms with Crippen LogP contribution in [0, 0.1) is 5.92 Å². The number of amides is 3. The second-order valence-electron chi connectivity index (χ2n) is 4.89. The SMILES string of the molecule is CC(NC(=O)CNC(=O)C(N)C(C)C)C(=O)NCC(=O)O. The summed E-state index contributed by atoms with van der Waals surface area (Å²) in [5.74, 6) is -2.90. The van der Waals surface area contributed by atoms with Crippen LogP contribution in [0.5, 0.6) is 0 Å². The summed E-state index contributed by atoms with van der Waals surface area (Å²) in [5, 5.41) is 15.2. The molecule has 2 unspecified atom stereocenters. The van der Waals surface area contributed by atoms with E-state index in [0.717, 1.165) is 0 Å². The fraction of sp³-hybridized carbons (Fsp3) is 0.667. The zero-order valence-electron chi connectivity index (χ0n) is 12.3. The Labute approximate surface area is 122 Å². The van der Waals surface area contributed by atoms with Crippen molar-refractivity contribution in [3.8, 4) is 0 Å². The zero-order chi connectivity index (χ0) is 16.6. The van der Waals surface area contributed by atoms with Gasteiger partial charge in [-0.2, -0.15) is 0 Å². The van der Waals surface area contributed by atoms with Crippen molar-refractivity contribution < 1.29 is 24.3 Å². The lowest BCUT2D eigenvalue weighted by Crippen LogP contribution is -2.51. The highest BCUT2D eigenvalue weighted by Crippen LogP contribution is 1.97. The lowest BCUT2D eigenvalue weighted by atomic mass is 10.1. The first kappa shape index (κ1) is 18.8. The quantitative estimate of drug-likeness (QED) is 0.343. The Balaban J connectivity index is 4.11. The van der Waals surface area contributed by atoms with Gasteiger partial charge in [-0.25, -0.2) is 0 Å². The van der Waals surface area contributed by atoms with E-state index in [1.807, 2.05) is 0 Å². The van der Waals surface area contributed by atoms with Gasteiger partial charge in [0.2, 0.25) is 17.7 Å². The lowest BCUT2D eigenvalue weighted by molar-refractivity contribution is -0.138. The molecule has 0 saturated carbocycles. The average Bonchev–Trinajstić information content (AvgIpc) is 2.40. The summed E-state index contributed by atoms with van der Waals surface area (Å²) in [6.45, 7) is 4.12. The molecule has 0 fully saturated rings. The Morgan fingerprint density at radius 1 is 1.00 bits per heavy atom. The second kappa shape index (κ2) is 8.90. The monoisotopic (exact) mass is 302 g/mol. The molecule has 21 heavy (non-hydrogen) atoms. The summed E-state index contributed by atoms with van der Waals surface area (Å²) in [6, 6.07) is -1.62. The van der Waals surface area contributed by atoms with Gasteiger partial charge in [0.1, 0.15) is 12.6 Å². The van der Waals surface area contributed by atoms with Gasteiger partial charge in [-0.15, -0.1) is 0 Å². The van der Waals surface area contributed by atoms with E-state index in [4.69, 9.17) is 10.8 Å². The summed E-state index contributed by atoms with van der Waals surface area (Å²) in [6.07, 6.45) is 0. The topological polar surface area (TPSA) is 151 Å². The molecule has 0 aromatic heterocycles. The predicted molar refractivity (Wildman–Crippen MR) is 74.1 cm³/mol. The van der Waals surface area contributed by atoms with Crippen LogP contribution in [0.2, 0.25) is 0 Å². The number of nitrogens with two attached hydrogens (primary N) is 1. The van der Waals surface area contributed by atoms with Gasteiger partial charge >= 0.3 is 5.97 Å². The highest BCUT2D eigenvalue weighted by Gasteiger charge is 2.19. The summed E-state index contributed by atoms with van der Waals surface area (Å²) >= 11 is 0. The number of carbonyl (C=O) groups is 4. The first-order valence-electron chi connectivity index (χ1n) is 6.47.